The predicted octanol–water partition coefficient (Wildman–Crippen LogP) is 16.8. The van der Waals surface area contributed by atoms with Crippen molar-refractivity contribution < 1.29 is 0 Å². The number of benzene rings is 11. The average Bonchev–Trinajstić information content (AvgIpc) is 4.15. The second kappa shape index (κ2) is 14.7. The molecule has 0 atom stereocenters. The van der Waals surface area contributed by atoms with Crippen molar-refractivity contribution in [1.29, 1.82) is 5.26 Å². The van der Waals surface area contributed by atoms with Gasteiger partial charge in [-0.05, 0) is 70.9 Å². The van der Waals surface area contributed by atoms with E-state index in [1.54, 1.807) is 0 Å². The zero-order valence-electron chi connectivity index (χ0n) is 37.8. The summed E-state index contributed by atoms with van der Waals surface area (Å²) in [5.41, 5.74) is 14.3. The Kier molecular flexibility index (Phi) is 8.07. The van der Waals surface area contributed by atoms with Gasteiger partial charge in [-0.3, -0.25) is 0 Å². The van der Waals surface area contributed by atoms with Gasteiger partial charge in [-0.2, -0.15) is 5.26 Å². The van der Waals surface area contributed by atoms with Crippen LogP contribution in [-0.4, -0.2) is 18.3 Å². The Bertz CT molecular complexity index is 4270. The van der Waals surface area contributed by atoms with Gasteiger partial charge in [-0.1, -0.05) is 182 Å². The summed E-state index contributed by atoms with van der Waals surface area (Å²) in [6.45, 7) is 0. The maximum absolute atomic E-state index is 12.7. The molecule has 0 spiro atoms. The number of hydrogen-bond acceptors (Lipinski definition) is 1. The van der Waals surface area contributed by atoms with Crippen molar-refractivity contribution >= 4 is 98.0 Å². The first-order valence-corrected chi connectivity index (χ1v) is 23.8. The Morgan fingerprint density at radius 1 is 0.257 bits per heavy atom. The predicted molar refractivity (Wildman–Crippen MR) is 291 cm³/mol. The lowest BCUT2D eigenvalue weighted by atomic mass is 9.92. The van der Waals surface area contributed by atoms with Crippen LogP contribution in [0.1, 0.15) is 5.56 Å². The summed E-state index contributed by atoms with van der Waals surface area (Å²) >= 11 is 0. The highest BCUT2D eigenvalue weighted by molar-refractivity contribution is 6.17. The summed E-state index contributed by atoms with van der Waals surface area (Å²) < 4.78 is 9.70. The number of nitriles is 1. The molecule has 5 heteroatoms. The van der Waals surface area contributed by atoms with Gasteiger partial charge in [0.1, 0.15) is 11.6 Å². The Morgan fingerprint density at radius 2 is 0.514 bits per heavy atom. The molecule has 15 rings (SSSR count). The molecule has 0 radical (unpaired) electrons. The average molecular weight is 890 g/mol. The van der Waals surface area contributed by atoms with Gasteiger partial charge >= 0.3 is 0 Å². The molecule has 324 valence electrons. The molecule has 70 heavy (non-hydrogen) atoms. The van der Waals surface area contributed by atoms with Crippen LogP contribution in [0, 0.1) is 11.3 Å². The van der Waals surface area contributed by atoms with E-state index in [1.165, 1.54) is 0 Å². The number of hydrogen-bond donors (Lipinski definition) is 0. The number of fused-ring (bicyclic) bond motifs is 13. The summed E-state index contributed by atoms with van der Waals surface area (Å²) in [5, 5.41) is 24.0. The van der Waals surface area contributed by atoms with Crippen molar-refractivity contribution in [2.24, 2.45) is 0 Å². The van der Waals surface area contributed by atoms with Crippen LogP contribution in [-0.2, 0) is 0 Å². The van der Waals surface area contributed by atoms with Gasteiger partial charge in [0, 0.05) is 48.7 Å². The minimum Gasteiger partial charge on any atom is -0.306 e. The highest BCUT2D eigenvalue weighted by Gasteiger charge is 2.35. The molecule has 0 N–H and O–H groups in total. The summed E-state index contributed by atoms with van der Waals surface area (Å²) in [4.78, 5) is 0. The molecule has 0 bridgehead atoms. The van der Waals surface area contributed by atoms with E-state index in [1.807, 2.05) is 0 Å². The van der Waals surface area contributed by atoms with Crippen LogP contribution in [0.5, 0.6) is 0 Å². The molecule has 0 fully saturated rings. The Labute approximate surface area is 401 Å². The highest BCUT2D eigenvalue weighted by atomic mass is 15.1. The van der Waals surface area contributed by atoms with Crippen molar-refractivity contribution in [3.8, 4) is 39.9 Å². The van der Waals surface area contributed by atoms with E-state index in [-0.39, 0.29) is 0 Å². The SMILES string of the molecule is N#Cc1c(-n2c3ccccc3c3ccccc32)c(-n2c3ccccc3c3ccccc32)c(-c2ccc3ccccc3c2)c(-n2c3ccccc3c3ccccc32)c1-n1c2ccccc2c2ccccc21. The van der Waals surface area contributed by atoms with Gasteiger partial charge in [-0.25, -0.2) is 0 Å². The van der Waals surface area contributed by atoms with Crippen molar-refractivity contribution in [2.75, 3.05) is 0 Å². The second-order valence-electron chi connectivity index (χ2n) is 18.3. The first-order chi connectivity index (χ1) is 34.8. The van der Waals surface area contributed by atoms with Gasteiger partial charge < -0.3 is 18.3 Å². The van der Waals surface area contributed by atoms with Crippen LogP contribution in [0.2, 0.25) is 0 Å². The third-order valence-corrected chi connectivity index (χ3v) is 14.8. The normalized spacial score (nSPS) is 12.0. The first-order valence-electron chi connectivity index (χ1n) is 23.8. The van der Waals surface area contributed by atoms with Gasteiger partial charge in [0.05, 0.1) is 66.9 Å². The van der Waals surface area contributed by atoms with Gasteiger partial charge in [-0.15, -0.1) is 0 Å². The Morgan fingerprint density at radius 3 is 0.814 bits per heavy atom. The van der Waals surface area contributed by atoms with E-state index in [4.69, 9.17) is 0 Å². The molecule has 15 aromatic rings. The van der Waals surface area contributed by atoms with Crippen LogP contribution in [0.3, 0.4) is 0 Å². The lowest BCUT2D eigenvalue weighted by Crippen LogP contribution is -2.16. The van der Waals surface area contributed by atoms with E-state index in [9.17, 15) is 5.26 Å². The molecular weight excluding hydrogens is 851 g/mol. The minimum absolute atomic E-state index is 0.552. The van der Waals surface area contributed by atoms with Crippen molar-refractivity contribution in [1.82, 2.24) is 18.3 Å². The summed E-state index contributed by atoms with van der Waals surface area (Å²) in [6, 6.07) is 88.2. The standard InChI is InChI=1S/C65H39N5/c66-40-52-62(67-53-29-11-3-21-44(53)45-22-4-12-30-54(45)67)64(69-57-33-15-7-25-48(57)49-26-8-16-34-58(49)69)61(43-38-37-41-19-1-2-20-42(41)39-43)65(70-59-35-17-9-27-50(59)51-28-10-18-36-60(51)70)63(52)68-55-31-13-5-23-46(55)47-24-6-14-32-56(47)68/h1-39H. The lowest BCUT2D eigenvalue weighted by Gasteiger charge is -2.29. The molecule has 0 aliphatic carbocycles. The second-order valence-corrected chi connectivity index (χ2v) is 18.3. The van der Waals surface area contributed by atoms with Crippen LogP contribution in [0.25, 0.3) is 132 Å². The maximum atomic E-state index is 12.7. The monoisotopic (exact) mass is 889 g/mol. The van der Waals surface area contributed by atoms with E-state index in [0.717, 1.165) is 132 Å². The Hall–Kier alpha value is -9.63. The molecular formula is C65H39N5. The third kappa shape index (κ3) is 5.19. The van der Waals surface area contributed by atoms with Crippen molar-refractivity contribution in [3.63, 3.8) is 0 Å². The third-order valence-electron chi connectivity index (χ3n) is 14.8. The number of nitrogens with zero attached hydrogens (tertiary/aromatic N) is 5. The molecule has 5 nitrogen and oxygen atoms in total. The van der Waals surface area contributed by atoms with Crippen LogP contribution >= 0.6 is 0 Å². The first kappa shape index (κ1) is 38.5. The molecule has 0 saturated carbocycles. The van der Waals surface area contributed by atoms with Crippen LogP contribution in [0.4, 0.5) is 0 Å². The number of rotatable bonds is 5. The van der Waals surface area contributed by atoms with Gasteiger partial charge in [0.25, 0.3) is 0 Å². The fourth-order valence-corrected chi connectivity index (χ4v) is 11.9. The molecule has 11 aromatic carbocycles. The summed E-state index contributed by atoms with van der Waals surface area (Å²) in [6.07, 6.45) is 0. The maximum Gasteiger partial charge on any atom is 0.104 e. The van der Waals surface area contributed by atoms with E-state index in [2.05, 4.69) is 261 Å². The molecule has 0 aliphatic rings. The van der Waals surface area contributed by atoms with Gasteiger partial charge in [0.2, 0.25) is 0 Å². The fourth-order valence-electron chi connectivity index (χ4n) is 11.9. The van der Waals surface area contributed by atoms with E-state index < -0.39 is 0 Å². The quantitative estimate of drug-likeness (QED) is 0.170. The smallest absolute Gasteiger partial charge is 0.104 e. The zero-order chi connectivity index (χ0) is 46.0. The van der Waals surface area contributed by atoms with Crippen LogP contribution in [0.15, 0.2) is 237 Å². The Balaban J connectivity index is 1.32. The minimum atomic E-state index is 0.552. The molecule has 0 saturated heterocycles. The number of aromatic nitrogens is 4. The fraction of sp³-hybridized carbons (Fsp3) is 0. The molecule has 0 aliphatic heterocycles. The molecule has 4 heterocycles. The summed E-state index contributed by atoms with van der Waals surface area (Å²) in [5.74, 6) is 0. The lowest BCUT2D eigenvalue weighted by molar-refractivity contribution is 1.04. The van der Waals surface area contributed by atoms with E-state index >= 15 is 0 Å². The van der Waals surface area contributed by atoms with Gasteiger partial charge in [0.15, 0.2) is 0 Å². The molecule has 0 unspecified atom stereocenters. The van der Waals surface area contributed by atoms with Crippen LogP contribution < -0.4 is 0 Å². The molecule has 0 amide bonds. The summed E-state index contributed by atoms with van der Waals surface area (Å²) in [7, 11) is 0. The zero-order valence-corrected chi connectivity index (χ0v) is 37.8. The van der Waals surface area contributed by atoms with E-state index in [0.29, 0.717) is 5.56 Å². The molecule has 4 aromatic heterocycles. The van der Waals surface area contributed by atoms with Crippen molar-refractivity contribution in [3.05, 3.63) is 242 Å². The number of para-hydroxylation sites is 8. The highest BCUT2D eigenvalue weighted by Crippen LogP contribution is 2.52. The van der Waals surface area contributed by atoms with Crippen molar-refractivity contribution in [2.45, 2.75) is 0 Å². The largest absolute Gasteiger partial charge is 0.306 e. The topological polar surface area (TPSA) is 43.5 Å².